The molecule has 0 saturated heterocycles. The minimum atomic E-state index is -0.775. The van der Waals surface area contributed by atoms with E-state index in [0.717, 1.165) is 28.2 Å². The fourth-order valence-electron chi connectivity index (χ4n) is 2.78. The van der Waals surface area contributed by atoms with Gasteiger partial charge in [-0.05, 0) is 75.6 Å². The van der Waals surface area contributed by atoms with E-state index < -0.39 is 11.4 Å². The van der Waals surface area contributed by atoms with Crippen molar-refractivity contribution in [3.63, 3.8) is 0 Å². The number of hydrogen-bond acceptors (Lipinski definition) is 3. The Labute approximate surface area is 153 Å². The first kappa shape index (κ1) is 18.0. The molecule has 3 aromatic rings. The number of rotatable bonds is 7. The van der Waals surface area contributed by atoms with E-state index in [-0.39, 0.29) is 0 Å². The van der Waals surface area contributed by atoms with Gasteiger partial charge in [0.2, 0.25) is 0 Å². The normalized spacial score (nSPS) is 11.7. The standard InChI is InChI=1S/C21H24N2O3/c1-14-5-10-17-18(13-14)23-19(22-17)15-6-8-16(9-7-15)26-12-4-11-21(2,3)20(24)25/h5-10,13H,4,11-12H2,1-3H3,(H,22,23)(H,24,25). The van der Waals surface area contributed by atoms with Gasteiger partial charge < -0.3 is 14.8 Å². The molecule has 2 aromatic carbocycles. The van der Waals surface area contributed by atoms with Crippen LogP contribution in [0, 0.1) is 12.3 Å². The molecule has 0 bridgehead atoms. The summed E-state index contributed by atoms with van der Waals surface area (Å²) < 4.78 is 5.72. The molecule has 5 heteroatoms. The monoisotopic (exact) mass is 352 g/mol. The molecule has 26 heavy (non-hydrogen) atoms. The number of nitrogens with one attached hydrogen (secondary N) is 1. The van der Waals surface area contributed by atoms with E-state index in [0.29, 0.717) is 19.4 Å². The van der Waals surface area contributed by atoms with E-state index in [1.165, 1.54) is 5.56 Å². The van der Waals surface area contributed by atoms with Gasteiger partial charge in [-0.1, -0.05) is 6.07 Å². The number of aryl methyl sites for hydroxylation is 1. The van der Waals surface area contributed by atoms with Crippen LogP contribution in [0.1, 0.15) is 32.3 Å². The molecule has 0 radical (unpaired) electrons. The largest absolute Gasteiger partial charge is 0.494 e. The predicted molar refractivity (Wildman–Crippen MR) is 102 cm³/mol. The number of benzene rings is 2. The zero-order valence-electron chi connectivity index (χ0n) is 15.4. The van der Waals surface area contributed by atoms with Crippen molar-refractivity contribution in [3.8, 4) is 17.1 Å². The van der Waals surface area contributed by atoms with Crippen LogP contribution in [0.5, 0.6) is 5.75 Å². The predicted octanol–water partition coefficient (Wildman–Crippen LogP) is 4.81. The molecule has 2 N–H and O–H groups in total. The highest BCUT2D eigenvalue weighted by Gasteiger charge is 2.26. The topological polar surface area (TPSA) is 75.2 Å². The molecular weight excluding hydrogens is 328 g/mol. The van der Waals surface area contributed by atoms with Crippen molar-refractivity contribution in [3.05, 3.63) is 48.0 Å². The maximum atomic E-state index is 11.1. The molecule has 0 aliphatic heterocycles. The number of aromatic nitrogens is 2. The molecular formula is C21H24N2O3. The first-order valence-corrected chi connectivity index (χ1v) is 8.78. The lowest BCUT2D eigenvalue weighted by Crippen LogP contribution is -2.24. The molecule has 0 amide bonds. The third kappa shape index (κ3) is 4.04. The first-order chi connectivity index (χ1) is 12.3. The second-order valence-corrected chi connectivity index (χ2v) is 7.27. The number of imidazole rings is 1. The van der Waals surface area contributed by atoms with Crippen molar-refractivity contribution in [1.29, 1.82) is 0 Å². The molecule has 0 fully saturated rings. The Morgan fingerprint density at radius 1 is 1.19 bits per heavy atom. The number of carboxylic acid groups (broad SMARTS) is 1. The summed E-state index contributed by atoms with van der Waals surface area (Å²) in [5.41, 5.74) is 3.46. The SMILES string of the molecule is Cc1ccc2nc(-c3ccc(OCCCC(C)(C)C(=O)O)cc3)[nH]c2c1. The minimum Gasteiger partial charge on any atom is -0.494 e. The molecule has 0 atom stereocenters. The third-order valence-corrected chi connectivity index (χ3v) is 4.56. The molecule has 0 unspecified atom stereocenters. The van der Waals surface area contributed by atoms with E-state index in [1.54, 1.807) is 13.8 Å². The van der Waals surface area contributed by atoms with Gasteiger partial charge in [0, 0.05) is 5.56 Å². The van der Waals surface area contributed by atoms with Gasteiger partial charge in [0.05, 0.1) is 23.1 Å². The van der Waals surface area contributed by atoms with Gasteiger partial charge in [-0.2, -0.15) is 0 Å². The number of H-pyrrole nitrogens is 1. The summed E-state index contributed by atoms with van der Waals surface area (Å²) in [6.45, 7) is 6.03. The Kier molecular flexibility index (Phi) is 4.98. The van der Waals surface area contributed by atoms with Crippen LogP contribution in [0.25, 0.3) is 22.4 Å². The molecule has 1 heterocycles. The summed E-state index contributed by atoms with van der Waals surface area (Å²) in [6, 6.07) is 13.9. The van der Waals surface area contributed by atoms with Crippen molar-refractivity contribution in [2.45, 2.75) is 33.6 Å². The second kappa shape index (κ2) is 7.20. The lowest BCUT2D eigenvalue weighted by atomic mass is 9.88. The smallest absolute Gasteiger partial charge is 0.309 e. The number of nitrogens with zero attached hydrogens (tertiary/aromatic N) is 1. The number of aliphatic carboxylic acids is 1. The molecule has 0 aliphatic carbocycles. The Morgan fingerprint density at radius 3 is 2.62 bits per heavy atom. The third-order valence-electron chi connectivity index (χ3n) is 4.56. The molecule has 0 aliphatic rings. The van der Waals surface area contributed by atoms with Crippen LogP contribution in [0.3, 0.4) is 0 Å². The highest BCUT2D eigenvalue weighted by Crippen LogP contribution is 2.25. The number of ether oxygens (including phenoxy) is 1. The van der Waals surface area contributed by atoms with Gasteiger partial charge in [0.25, 0.3) is 0 Å². The summed E-state index contributed by atoms with van der Waals surface area (Å²) >= 11 is 0. The number of hydrogen-bond donors (Lipinski definition) is 2. The van der Waals surface area contributed by atoms with Crippen LogP contribution in [-0.2, 0) is 4.79 Å². The fourth-order valence-corrected chi connectivity index (χ4v) is 2.78. The van der Waals surface area contributed by atoms with Gasteiger partial charge in [-0.25, -0.2) is 4.98 Å². The Bertz CT molecular complexity index is 911. The van der Waals surface area contributed by atoms with Crippen LogP contribution in [-0.4, -0.2) is 27.7 Å². The van der Waals surface area contributed by atoms with E-state index in [1.807, 2.05) is 30.3 Å². The fraction of sp³-hybridized carbons (Fsp3) is 0.333. The van der Waals surface area contributed by atoms with Crippen molar-refractivity contribution < 1.29 is 14.6 Å². The molecule has 0 spiro atoms. The molecule has 136 valence electrons. The number of fused-ring (bicyclic) bond motifs is 1. The molecule has 3 rings (SSSR count). The molecule has 0 saturated carbocycles. The molecule has 5 nitrogen and oxygen atoms in total. The number of aromatic amines is 1. The minimum absolute atomic E-state index is 0.500. The highest BCUT2D eigenvalue weighted by atomic mass is 16.5. The number of carboxylic acids is 1. The van der Waals surface area contributed by atoms with Crippen molar-refractivity contribution in [1.82, 2.24) is 9.97 Å². The van der Waals surface area contributed by atoms with E-state index in [4.69, 9.17) is 9.84 Å². The van der Waals surface area contributed by atoms with Gasteiger partial charge in [0.1, 0.15) is 11.6 Å². The van der Waals surface area contributed by atoms with Crippen LogP contribution in [0.15, 0.2) is 42.5 Å². The summed E-state index contributed by atoms with van der Waals surface area (Å²) in [5.74, 6) is 0.831. The summed E-state index contributed by atoms with van der Waals surface area (Å²) in [7, 11) is 0. The summed E-state index contributed by atoms with van der Waals surface area (Å²) in [4.78, 5) is 19.1. The van der Waals surface area contributed by atoms with Crippen molar-refractivity contribution >= 4 is 17.0 Å². The van der Waals surface area contributed by atoms with Crippen LogP contribution < -0.4 is 4.74 Å². The summed E-state index contributed by atoms with van der Waals surface area (Å²) in [6.07, 6.45) is 1.28. The Hall–Kier alpha value is -2.82. The quantitative estimate of drug-likeness (QED) is 0.599. The van der Waals surface area contributed by atoms with E-state index in [2.05, 4.69) is 29.0 Å². The highest BCUT2D eigenvalue weighted by molar-refractivity contribution is 5.80. The van der Waals surface area contributed by atoms with Crippen molar-refractivity contribution in [2.75, 3.05) is 6.61 Å². The van der Waals surface area contributed by atoms with Gasteiger partial charge in [-0.15, -0.1) is 0 Å². The average molecular weight is 352 g/mol. The van der Waals surface area contributed by atoms with Crippen LogP contribution >= 0.6 is 0 Å². The van der Waals surface area contributed by atoms with Gasteiger partial charge in [0.15, 0.2) is 0 Å². The number of carbonyl (C=O) groups is 1. The zero-order chi connectivity index (χ0) is 18.7. The zero-order valence-corrected chi connectivity index (χ0v) is 15.4. The first-order valence-electron chi connectivity index (χ1n) is 8.78. The Morgan fingerprint density at radius 2 is 1.92 bits per heavy atom. The van der Waals surface area contributed by atoms with Gasteiger partial charge in [-0.3, -0.25) is 4.79 Å². The lowest BCUT2D eigenvalue weighted by molar-refractivity contribution is -0.147. The lowest BCUT2D eigenvalue weighted by Gasteiger charge is -2.18. The maximum absolute atomic E-state index is 11.1. The van der Waals surface area contributed by atoms with Crippen molar-refractivity contribution in [2.24, 2.45) is 5.41 Å². The molecule has 1 aromatic heterocycles. The average Bonchev–Trinajstić information content (AvgIpc) is 3.02. The maximum Gasteiger partial charge on any atom is 0.309 e. The van der Waals surface area contributed by atoms with Crippen LogP contribution in [0.4, 0.5) is 0 Å². The second-order valence-electron chi connectivity index (χ2n) is 7.27. The van der Waals surface area contributed by atoms with E-state index in [9.17, 15) is 4.79 Å². The van der Waals surface area contributed by atoms with Crippen LogP contribution in [0.2, 0.25) is 0 Å². The van der Waals surface area contributed by atoms with Gasteiger partial charge >= 0.3 is 5.97 Å². The van der Waals surface area contributed by atoms with E-state index >= 15 is 0 Å². The Balaban J connectivity index is 1.60. The summed E-state index contributed by atoms with van der Waals surface area (Å²) in [5, 5.41) is 9.11.